The minimum Gasteiger partial charge on any atom is -0.394 e. The van der Waals surface area contributed by atoms with E-state index >= 15 is 0 Å². The van der Waals surface area contributed by atoms with Gasteiger partial charge in [0.15, 0.2) is 12.0 Å². The average Bonchev–Trinajstić information content (AvgIpc) is 2.99. The van der Waals surface area contributed by atoms with Crippen LogP contribution in [0.15, 0.2) is 11.0 Å². The summed E-state index contributed by atoms with van der Waals surface area (Å²) in [5.74, 6) is 0.191. The Morgan fingerprint density at radius 1 is 1.34 bits per heavy atom. The lowest BCUT2D eigenvalue weighted by molar-refractivity contribution is -0.120. The van der Waals surface area contributed by atoms with E-state index in [9.17, 15) is 24.9 Å². The van der Waals surface area contributed by atoms with Crippen LogP contribution in [0.1, 0.15) is 37.5 Å². The Morgan fingerprint density at radius 2 is 2.07 bits per heavy atom. The molecule has 0 saturated carbocycles. The number of rotatable bonds is 11. The molecule has 164 valence electrons. The van der Waals surface area contributed by atoms with E-state index in [4.69, 9.17) is 16.2 Å². The van der Waals surface area contributed by atoms with Gasteiger partial charge in [-0.05, 0) is 26.3 Å². The normalized spacial score (nSPS) is 25.2. The third kappa shape index (κ3) is 5.81. The smallest absolute Gasteiger partial charge is 0.351 e. The summed E-state index contributed by atoms with van der Waals surface area (Å²) in [5.41, 5.74) is 11.2. The van der Waals surface area contributed by atoms with Gasteiger partial charge in [-0.15, -0.1) is 0 Å². The summed E-state index contributed by atoms with van der Waals surface area (Å²) in [7, 11) is 0. The maximum Gasteiger partial charge on any atom is 0.351 e. The van der Waals surface area contributed by atoms with E-state index in [0.717, 1.165) is 23.8 Å². The number of nitrogens with zero attached hydrogens (tertiary/aromatic N) is 2. The van der Waals surface area contributed by atoms with Gasteiger partial charge in [-0.1, -0.05) is 6.42 Å². The van der Waals surface area contributed by atoms with Crippen LogP contribution in [0.2, 0.25) is 0 Å². The highest BCUT2D eigenvalue weighted by Gasteiger charge is 2.43. The second-order valence-electron chi connectivity index (χ2n) is 7.24. The molecular weight excluding hydrogens is 382 g/mol. The number of aliphatic hydroxyl groups is 3. The molecule has 0 radical (unpaired) electrons. The van der Waals surface area contributed by atoms with Gasteiger partial charge in [-0.3, -0.25) is 9.36 Å². The van der Waals surface area contributed by atoms with E-state index in [2.05, 4.69) is 10.3 Å². The number of unbranched alkanes of at least 4 members (excludes halogenated alkanes) is 2. The van der Waals surface area contributed by atoms with E-state index in [0.29, 0.717) is 18.5 Å². The molecular formula is C18H31N5O6. The number of aryl methyl sites for hydroxylation is 1. The number of hydrogen-bond donors (Lipinski definition) is 6. The van der Waals surface area contributed by atoms with Gasteiger partial charge in [-0.25, -0.2) is 4.79 Å². The Bertz CT molecular complexity index is 742. The summed E-state index contributed by atoms with van der Waals surface area (Å²) in [6.45, 7) is 1.92. The molecule has 11 nitrogen and oxygen atoms in total. The second-order valence-corrected chi connectivity index (χ2v) is 7.24. The van der Waals surface area contributed by atoms with Crippen molar-refractivity contribution in [1.82, 2.24) is 9.55 Å². The number of Topliss-reactive ketones (excluding diaryl/α,β-unsaturated/α-hetero) is 1. The van der Waals surface area contributed by atoms with Gasteiger partial charge in [0.1, 0.15) is 24.1 Å². The van der Waals surface area contributed by atoms with Crippen molar-refractivity contribution in [3.8, 4) is 0 Å². The van der Waals surface area contributed by atoms with Crippen molar-refractivity contribution >= 4 is 11.6 Å². The van der Waals surface area contributed by atoms with Crippen molar-refractivity contribution in [1.29, 1.82) is 0 Å². The van der Waals surface area contributed by atoms with E-state index in [-0.39, 0.29) is 18.1 Å². The van der Waals surface area contributed by atoms with Gasteiger partial charge in [-0.2, -0.15) is 4.98 Å². The number of carbonyl (C=O) groups excluding carboxylic acids is 1. The van der Waals surface area contributed by atoms with Crippen LogP contribution in [-0.4, -0.2) is 74.7 Å². The van der Waals surface area contributed by atoms with E-state index in [1.165, 1.54) is 6.20 Å². The molecule has 1 aliphatic heterocycles. The zero-order valence-electron chi connectivity index (χ0n) is 16.5. The molecule has 8 N–H and O–H groups in total. The van der Waals surface area contributed by atoms with Crippen molar-refractivity contribution < 1.29 is 24.9 Å². The molecule has 1 aromatic rings. The molecule has 1 fully saturated rings. The molecule has 1 saturated heterocycles. The van der Waals surface area contributed by atoms with Gasteiger partial charge < -0.3 is 36.8 Å². The fourth-order valence-electron chi connectivity index (χ4n) is 3.16. The first-order valence-electron chi connectivity index (χ1n) is 9.74. The lowest BCUT2D eigenvalue weighted by atomic mass is 10.1. The highest BCUT2D eigenvalue weighted by Crippen LogP contribution is 2.28. The van der Waals surface area contributed by atoms with Gasteiger partial charge in [0, 0.05) is 24.7 Å². The molecule has 11 heteroatoms. The number of nitrogens with two attached hydrogens (primary N) is 2. The maximum absolute atomic E-state index is 12.4. The molecule has 0 bridgehead atoms. The molecule has 1 aromatic heterocycles. The Hall–Kier alpha value is -1.89. The first-order chi connectivity index (χ1) is 13.8. The molecule has 0 spiro atoms. The maximum atomic E-state index is 12.4. The zero-order valence-corrected chi connectivity index (χ0v) is 16.5. The third-order valence-electron chi connectivity index (χ3n) is 4.96. The number of ketones is 1. The zero-order chi connectivity index (χ0) is 21.6. The van der Waals surface area contributed by atoms with Gasteiger partial charge in [0.25, 0.3) is 0 Å². The highest BCUT2D eigenvalue weighted by molar-refractivity contribution is 5.84. The number of ether oxygens (including phenoxy) is 1. The van der Waals surface area contributed by atoms with Crippen LogP contribution in [0.5, 0.6) is 0 Å². The summed E-state index contributed by atoms with van der Waals surface area (Å²) >= 11 is 0. The van der Waals surface area contributed by atoms with Crippen LogP contribution in [0.25, 0.3) is 0 Å². The summed E-state index contributed by atoms with van der Waals surface area (Å²) < 4.78 is 6.42. The fourth-order valence-corrected chi connectivity index (χ4v) is 3.16. The molecule has 29 heavy (non-hydrogen) atoms. The topological polar surface area (TPSA) is 186 Å². The SMILES string of the molecule is Cc1cn([C@@H]2O[C@H](CO)[C@@H](O)[C@H]2O)c(=O)nc1NCC(N)C(=O)CCCCCN. The van der Waals surface area contributed by atoms with Crippen LogP contribution in [0.4, 0.5) is 5.82 Å². The lowest BCUT2D eigenvalue weighted by Crippen LogP contribution is -2.39. The van der Waals surface area contributed by atoms with Crippen molar-refractivity contribution in [3.63, 3.8) is 0 Å². The highest BCUT2D eigenvalue weighted by atomic mass is 16.6. The molecule has 0 aliphatic carbocycles. The van der Waals surface area contributed by atoms with Crippen LogP contribution >= 0.6 is 0 Å². The van der Waals surface area contributed by atoms with Gasteiger partial charge in [0.2, 0.25) is 0 Å². The number of anilines is 1. The van der Waals surface area contributed by atoms with E-state index < -0.39 is 42.9 Å². The number of carbonyl (C=O) groups is 1. The van der Waals surface area contributed by atoms with Crippen molar-refractivity contribution in [3.05, 3.63) is 22.2 Å². The van der Waals surface area contributed by atoms with Gasteiger partial charge in [0.05, 0.1) is 12.6 Å². The number of aromatic nitrogens is 2. The van der Waals surface area contributed by atoms with E-state index in [1.807, 2.05) is 0 Å². The number of hydrogen-bond acceptors (Lipinski definition) is 10. The summed E-state index contributed by atoms with van der Waals surface area (Å²) in [6.07, 6.45) is -0.556. The van der Waals surface area contributed by atoms with E-state index in [1.54, 1.807) is 6.92 Å². The monoisotopic (exact) mass is 413 g/mol. The summed E-state index contributed by atoms with van der Waals surface area (Å²) in [6, 6.07) is -0.725. The van der Waals surface area contributed by atoms with Crippen LogP contribution in [0, 0.1) is 6.92 Å². The fraction of sp³-hybridized carbons (Fsp3) is 0.722. The molecule has 2 rings (SSSR count). The standard InChI is InChI=1S/C18H31N5O6/c1-10-8-23(17-15(27)14(26)13(9-24)29-17)18(28)22-16(10)21-7-11(20)12(25)5-3-2-4-6-19/h8,11,13-15,17,24,26-27H,2-7,9,19-20H2,1H3,(H,21,22,28)/t11?,13-,14-,15-,17-/m1/s1. The van der Waals surface area contributed by atoms with Crippen LogP contribution < -0.4 is 22.5 Å². The largest absolute Gasteiger partial charge is 0.394 e. The average molecular weight is 413 g/mol. The molecule has 0 amide bonds. The first kappa shape index (κ1) is 23.4. The number of aliphatic hydroxyl groups excluding tert-OH is 3. The van der Waals surface area contributed by atoms with Crippen molar-refractivity contribution in [2.45, 2.75) is 63.2 Å². The Kier molecular flexibility index (Phi) is 8.68. The molecule has 5 atom stereocenters. The quantitative estimate of drug-likeness (QED) is 0.221. The predicted octanol–water partition coefficient (Wildman–Crippen LogP) is -2.01. The third-order valence-corrected chi connectivity index (χ3v) is 4.96. The van der Waals surface area contributed by atoms with Crippen molar-refractivity contribution in [2.75, 3.05) is 25.0 Å². The lowest BCUT2D eigenvalue weighted by Gasteiger charge is -2.19. The predicted molar refractivity (Wildman–Crippen MR) is 105 cm³/mol. The molecule has 0 aromatic carbocycles. The van der Waals surface area contributed by atoms with Crippen LogP contribution in [-0.2, 0) is 9.53 Å². The van der Waals surface area contributed by atoms with Gasteiger partial charge >= 0.3 is 5.69 Å². The second kappa shape index (κ2) is 10.8. The van der Waals surface area contributed by atoms with Crippen molar-refractivity contribution in [2.24, 2.45) is 11.5 Å². The minimum absolute atomic E-state index is 0.0768. The Morgan fingerprint density at radius 3 is 2.69 bits per heavy atom. The first-order valence-corrected chi connectivity index (χ1v) is 9.74. The summed E-state index contributed by atoms with van der Waals surface area (Å²) in [5, 5.41) is 32.0. The minimum atomic E-state index is -1.38. The Labute approximate surface area is 168 Å². The summed E-state index contributed by atoms with van der Waals surface area (Å²) in [4.78, 5) is 28.4. The number of nitrogens with one attached hydrogen (secondary N) is 1. The molecule has 2 heterocycles. The van der Waals surface area contributed by atoms with Crippen LogP contribution in [0.3, 0.4) is 0 Å². The molecule has 1 unspecified atom stereocenters. The molecule has 1 aliphatic rings. The Balaban J connectivity index is 1.99.